The molecular formula is C11H23NO2. The fraction of sp³-hybridized carbons (Fsp3) is 0.909. The average Bonchev–Trinajstić information content (AvgIpc) is 2.00. The van der Waals surface area contributed by atoms with Crippen molar-refractivity contribution in [1.29, 1.82) is 0 Å². The summed E-state index contributed by atoms with van der Waals surface area (Å²) in [6.07, 6.45) is 1.73. The van der Waals surface area contributed by atoms with Gasteiger partial charge in [-0.15, -0.1) is 0 Å². The molecule has 0 saturated carbocycles. The normalized spacial score (nSPS) is 13.6. The number of carboxylic acid groups (broad SMARTS) is 1. The Morgan fingerprint density at radius 2 is 1.79 bits per heavy atom. The molecule has 0 aromatic rings. The quantitative estimate of drug-likeness (QED) is 0.663. The first-order valence-electron chi connectivity index (χ1n) is 5.39. The van der Waals surface area contributed by atoms with Gasteiger partial charge in [0.15, 0.2) is 0 Å². The Balaban J connectivity index is 3.80. The van der Waals surface area contributed by atoms with E-state index in [1.165, 1.54) is 0 Å². The van der Waals surface area contributed by atoms with Crippen molar-refractivity contribution in [2.45, 2.75) is 46.6 Å². The van der Waals surface area contributed by atoms with Crippen LogP contribution in [0.1, 0.15) is 40.5 Å². The maximum atomic E-state index is 10.8. The highest BCUT2D eigenvalue weighted by Crippen LogP contribution is 2.05. The number of nitrogens with one attached hydrogen (secondary N) is 1. The summed E-state index contributed by atoms with van der Waals surface area (Å²) < 4.78 is 0. The molecule has 0 heterocycles. The molecule has 0 rings (SSSR count). The summed E-state index contributed by atoms with van der Waals surface area (Å²) in [4.78, 5) is 10.8. The van der Waals surface area contributed by atoms with Gasteiger partial charge in [-0.05, 0) is 31.2 Å². The highest BCUT2D eigenvalue weighted by molar-refractivity contribution is 5.73. The minimum absolute atomic E-state index is 0.381. The average molecular weight is 201 g/mol. The predicted octanol–water partition coefficient (Wildman–Crippen LogP) is 2.12. The smallest absolute Gasteiger partial charge is 0.320 e. The van der Waals surface area contributed by atoms with E-state index in [0.717, 1.165) is 13.0 Å². The third-order valence-corrected chi connectivity index (χ3v) is 2.12. The Bertz CT molecular complexity index is 167. The first-order chi connectivity index (χ1) is 6.43. The number of hydrogen-bond acceptors (Lipinski definition) is 2. The van der Waals surface area contributed by atoms with E-state index in [4.69, 9.17) is 5.11 Å². The number of carboxylic acids is 1. The van der Waals surface area contributed by atoms with Crippen LogP contribution in [0.25, 0.3) is 0 Å². The zero-order valence-electron chi connectivity index (χ0n) is 9.71. The summed E-state index contributed by atoms with van der Waals surface area (Å²) in [7, 11) is 0. The Hall–Kier alpha value is -0.570. The topological polar surface area (TPSA) is 49.3 Å². The molecule has 0 aromatic heterocycles. The van der Waals surface area contributed by atoms with Crippen LogP contribution in [-0.2, 0) is 4.79 Å². The predicted molar refractivity (Wildman–Crippen MR) is 58.3 cm³/mol. The van der Waals surface area contributed by atoms with Crippen LogP contribution in [0.4, 0.5) is 0 Å². The fourth-order valence-electron chi connectivity index (χ4n) is 1.29. The van der Waals surface area contributed by atoms with Crippen molar-refractivity contribution < 1.29 is 9.90 Å². The molecule has 0 fully saturated rings. The van der Waals surface area contributed by atoms with Crippen molar-refractivity contribution in [2.24, 2.45) is 11.8 Å². The van der Waals surface area contributed by atoms with E-state index in [9.17, 15) is 4.79 Å². The number of aliphatic carboxylic acids is 1. The van der Waals surface area contributed by atoms with Crippen LogP contribution < -0.4 is 5.32 Å². The molecule has 0 aliphatic carbocycles. The fourth-order valence-corrected chi connectivity index (χ4v) is 1.29. The molecule has 2 N–H and O–H groups in total. The lowest BCUT2D eigenvalue weighted by Gasteiger charge is -2.16. The van der Waals surface area contributed by atoms with E-state index >= 15 is 0 Å². The maximum Gasteiger partial charge on any atom is 0.320 e. The molecule has 0 aliphatic heterocycles. The Labute approximate surface area is 86.9 Å². The van der Waals surface area contributed by atoms with Crippen LogP contribution in [-0.4, -0.2) is 23.7 Å². The summed E-state index contributed by atoms with van der Waals surface area (Å²) in [5.41, 5.74) is 0. The Morgan fingerprint density at radius 1 is 1.21 bits per heavy atom. The van der Waals surface area contributed by atoms with E-state index in [1.54, 1.807) is 0 Å². The molecule has 1 unspecified atom stereocenters. The van der Waals surface area contributed by atoms with Gasteiger partial charge in [-0.2, -0.15) is 0 Å². The lowest BCUT2D eigenvalue weighted by atomic mass is 10.0. The summed E-state index contributed by atoms with van der Waals surface area (Å²) in [5, 5.41) is 12.0. The second-order valence-corrected chi connectivity index (χ2v) is 4.66. The molecule has 3 heteroatoms. The zero-order chi connectivity index (χ0) is 11.1. The lowest BCUT2D eigenvalue weighted by Crippen LogP contribution is -2.38. The summed E-state index contributed by atoms with van der Waals surface area (Å²) in [6, 6.07) is -0.381. The zero-order valence-corrected chi connectivity index (χ0v) is 9.71. The molecule has 84 valence electrons. The van der Waals surface area contributed by atoms with Crippen LogP contribution in [0.2, 0.25) is 0 Å². The van der Waals surface area contributed by atoms with Gasteiger partial charge in [0.1, 0.15) is 6.04 Å². The minimum atomic E-state index is -0.734. The van der Waals surface area contributed by atoms with Crippen molar-refractivity contribution in [1.82, 2.24) is 5.32 Å². The second kappa shape index (κ2) is 6.82. The molecule has 0 aromatic carbocycles. The third-order valence-electron chi connectivity index (χ3n) is 2.12. The largest absolute Gasteiger partial charge is 0.480 e. The first-order valence-corrected chi connectivity index (χ1v) is 5.39. The standard InChI is InChI=1S/C11H23NO2/c1-8(2)5-6-12-10(11(13)14)7-9(3)4/h8-10,12H,5-7H2,1-4H3,(H,13,14). The number of hydrogen-bond donors (Lipinski definition) is 2. The van der Waals surface area contributed by atoms with E-state index in [0.29, 0.717) is 18.3 Å². The summed E-state index contributed by atoms with van der Waals surface area (Å²) in [5.74, 6) is 0.307. The summed E-state index contributed by atoms with van der Waals surface area (Å²) >= 11 is 0. The van der Waals surface area contributed by atoms with Crippen LogP contribution in [0, 0.1) is 11.8 Å². The van der Waals surface area contributed by atoms with Crippen molar-refractivity contribution >= 4 is 5.97 Å². The SMILES string of the molecule is CC(C)CCNC(CC(C)C)C(=O)O. The van der Waals surface area contributed by atoms with Gasteiger partial charge in [0.2, 0.25) is 0 Å². The molecule has 3 nitrogen and oxygen atoms in total. The third kappa shape index (κ3) is 6.89. The van der Waals surface area contributed by atoms with Crippen molar-refractivity contribution in [3.63, 3.8) is 0 Å². The van der Waals surface area contributed by atoms with E-state index in [2.05, 4.69) is 19.2 Å². The second-order valence-electron chi connectivity index (χ2n) is 4.66. The monoisotopic (exact) mass is 201 g/mol. The minimum Gasteiger partial charge on any atom is -0.480 e. The molecule has 14 heavy (non-hydrogen) atoms. The van der Waals surface area contributed by atoms with Gasteiger partial charge in [-0.1, -0.05) is 27.7 Å². The van der Waals surface area contributed by atoms with Gasteiger partial charge in [0, 0.05) is 0 Å². The van der Waals surface area contributed by atoms with Crippen LogP contribution in [0.5, 0.6) is 0 Å². The molecule has 0 radical (unpaired) electrons. The molecule has 0 amide bonds. The number of carbonyl (C=O) groups is 1. The molecule has 0 bridgehead atoms. The molecule has 0 saturated heterocycles. The van der Waals surface area contributed by atoms with Gasteiger partial charge in [-0.3, -0.25) is 4.79 Å². The number of rotatable bonds is 7. The van der Waals surface area contributed by atoms with Gasteiger partial charge < -0.3 is 10.4 Å². The van der Waals surface area contributed by atoms with Gasteiger partial charge >= 0.3 is 5.97 Å². The van der Waals surface area contributed by atoms with E-state index < -0.39 is 5.97 Å². The highest BCUT2D eigenvalue weighted by atomic mass is 16.4. The maximum absolute atomic E-state index is 10.8. The highest BCUT2D eigenvalue weighted by Gasteiger charge is 2.17. The molecular weight excluding hydrogens is 178 g/mol. The van der Waals surface area contributed by atoms with E-state index in [-0.39, 0.29) is 6.04 Å². The first kappa shape index (κ1) is 13.4. The van der Waals surface area contributed by atoms with Gasteiger partial charge in [-0.25, -0.2) is 0 Å². The molecule has 1 atom stereocenters. The van der Waals surface area contributed by atoms with Gasteiger partial charge in [0.05, 0.1) is 0 Å². The molecule has 0 spiro atoms. The Kier molecular flexibility index (Phi) is 6.54. The molecule has 0 aliphatic rings. The summed E-state index contributed by atoms with van der Waals surface area (Å²) in [6.45, 7) is 9.15. The van der Waals surface area contributed by atoms with E-state index in [1.807, 2.05) is 13.8 Å². The Morgan fingerprint density at radius 3 is 2.14 bits per heavy atom. The van der Waals surface area contributed by atoms with Crippen molar-refractivity contribution in [3.05, 3.63) is 0 Å². The van der Waals surface area contributed by atoms with Crippen LogP contribution >= 0.6 is 0 Å². The van der Waals surface area contributed by atoms with Gasteiger partial charge in [0.25, 0.3) is 0 Å². The van der Waals surface area contributed by atoms with Crippen molar-refractivity contribution in [3.8, 4) is 0 Å². The van der Waals surface area contributed by atoms with Crippen LogP contribution in [0.3, 0.4) is 0 Å². The van der Waals surface area contributed by atoms with Crippen molar-refractivity contribution in [2.75, 3.05) is 6.54 Å². The lowest BCUT2D eigenvalue weighted by molar-refractivity contribution is -0.139. The van der Waals surface area contributed by atoms with Crippen LogP contribution in [0.15, 0.2) is 0 Å².